The number of carbonyl (C=O) groups is 2. The van der Waals surface area contributed by atoms with E-state index in [2.05, 4.69) is 13.8 Å². The second-order valence-electron chi connectivity index (χ2n) is 5.82. The molecule has 0 saturated heterocycles. The third kappa shape index (κ3) is 2.84. The summed E-state index contributed by atoms with van der Waals surface area (Å²) in [5.41, 5.74) is 1.67. The topological polar surface area (TPSA) is 40.6 Å². The number of para-hydroxylation sites is 2. The lowest BCUT2D eigenvalue weighted by Crippen LogP contribution is -2.37. The van der Waals surface area contributed by atoms with Crippen LogP contribution in [0.1, 0.15) is 27.2 Å². The van der Waals surface area contributed by atoms with Gasteiger partial charge in [0.1, 0.15) is 0 Å². The average molecular weight is 274 g/mol. The van der Waals surface area contributed by atoms with Crippen molar-refractivity contribution in [3.8, 4) is 0 Å². The van der Waals surface area contributed by atoms with Gasteiger partial charge in [-0.3, -0.25) is 9.59 Å². The molecular weight excluding hydrogens is 252 g/mol. The molecule has 0 aliphatic carbocycles. The van der Waals surface area contributed by atoms with Crippen molar-refractivity contribution in [1.29, 1.82) is 0 Å². The molecule has 0 saturated carbocycles. The number of nitrogens with zero attached hydrogens (tertiary/aromatic N) is 2. The first kappa shape index (κ1) is 14.6. The third-order valence-corrected chi connectivity index (χ3v) is 3.70. The molecule has 0 N–H and O–H groups in total. The van der Waals surface area contributed by atoms with Crippen LogP contribution in [-0.4, -0.2) is 25.4 Å². The summed E-state index contributed by atoms with van der Waals surface area (Å²) in [6, 6.07) is 7.63. The van der Waals surface area contributed by atoms with Crippen LogP contribution >= 0.6 is 0 Å². The van der Waals surface area contributed by atoms with E-state index in [0.29, 0.717) is 19.0 Å². The van der Waals surface area contributed by atoms with Gasteiger partial charge in [0.15, 0.2) is 0 Å². The summed E-state index contributed by atoms with van der Waals surface area (Å²) in [7, 11) is 0. The van der Waals surface area contributed by atoms with Crippen LogP contribution in [-0.2, 0) is 9.59 Å². The molecule has 0 spiro atoms. The van der Waals surface area contributed by atoms with Gasteiger partial charge >= 0.3 is 0 Å². The summed E-state index contributed by atoms with van der Waals surface area (Å²) in [5, 5.41) is 0. The van der Waals surface area contributed by atoms with E-state index in [0.717, 1.165) is 24.2 Å². The Bertz CT molecular complexity index is 499. The molecule has 20 heavy (non-hydrogen) atoms. The van der Waals surface area contributed by atoms with Gasteiger partial charge in [0, 0.05) is 13.1 Å². The van der Waals surface area contributed by atoms with E-state index >= 15 is 0 Å². The van der Waals surface area contributed by atoms with E-state index in [1.807, 2.05) is 36.1 Å². The lowest BCUT2D eigenvalue weighted by Gasteiger charge is -2.25. The van der Waals surface area contributed by atoms with Gasteiger partial charge in [-0.05, 0) is 24.5 Å². The van der Waals surface area contributed by atoms with E-state index < -0.39 is 0 Å². The molecule has 2 rings (SSSR count). The molecule has 0 aromatic heterocycles. The zero-order chi connectivity index (χ0) is 14.7. The highest BCUT2D eigenvalue weighted by Gasteiger charge is 2.30. The maximum Gasteiger partial charge on any atom is 0.231 e. The Morgan fingerprint density at radius 3 is 2.55 bits per heavy atom. The zero-order valence-electron chi connectivity index (χ0n) is 12.4. The summed E-state index contributed by atoms with van der Waals surface area (Å²) in [6.45, 7) is 7.32. The van der Waals surface area contributed by atoms with Crippen molar-refractivity contribution in [2.45, 2.75) is 27.2 Å². The van der Waals surface area contributed by atoms with Gasteiger partial charge in [0.05, 0.1) is 17.3 Å². The number of rotatable bonds is 4. The van der Waals surface area contributed by atoms with Crippen molar-refractivity contribution < 1.29 is 9.59 Å². The Balaban J connectivity index is 2.41. The SMILES string of the molecule is CC(C)CCN1C(=O)C(C)CN(C=O)c2ccccc21. The van der Waals surface area contributed by atoms with E-state index in [1.165, 1.54) is 0 Å². The van der Waals surface area contributed by atoms with E-state index in [-0.39, 0.29) is 11.8 Å². The smallest absolute Gasteiger partial charge is 0.231 e. The summed E-state index contributed by atoms with van der Waals surface area (Å²) in [6.07, 6.45) is 1.77. The largest absolute Gasteiger partial charge is 0.312 e. The van der Waals surface area contributed by atoms with Crippen molar-refractivity contribution >= 4 is 23.7 Å². The maximum atomic E-state index is 12.6. The molecule has 0 bridgehead atoms. The van der Waals surface area contributed by atoms with Crippen molar-refractivity contribution in [2.75, 3.05) is 22.9 Å². The van der Waals surface area contributed by atoms with Crippen molar-refractivity contribution in [3.05, 3.63) is 24.3 Å². The van der Waals surface area contributed by atoms with Crippen LogP contribution in [0.4, 0.5) is 11.4 Å². The van der Waals surface area contributed by atoms with E-state index in [4.69, 9.17) is 0 Å². The minimum atomic E-state index is -0.181. The molecule has 1 aromatic rings. The highest BCUT2D eigenvalue weighted by Crippen LogP contribution is 2.33. The van der Waals surface area contributed by atoms with Crippen molar-refractivity contribution in [1.82, 2.24) is 0 Å². The molecule has 4 heteroatoms. The Kier molecular flexibility index (Phi) is 4.42. The molecule has 1 unspecified atom stereocenters. The minimum Gasteiger partial charge on any atom is -0.312 e. The fourth-order valence-corrected chi connectivity index (χ4v) is 2.51. The fraction of sp³-hybridized carbons (Fsp3) is 0.500. The second kappa shape index (κ2) is 6.07. The maximum absolute atomic E-state index is 12.6. The van der Waals surface area contributed by atoms with Crippen LogP contribution in [0.3, 0.4) is 0 Å². The fourth-order valence-electron chi connectivity index (χ4n) is 2.51. The van der Waals surface area contributed by atoms with Crippen LogP contribution < -0.4 is 9.80 Å². The van der Waals surface area contributed by atoms with Crippen LogP contribution in [0.2, 0.25) is 0 Å². The van der Waals surface area contributed by atoms with Crippen LogP contribution in [0.15, 0.2) is 24.3 Å². The molecule has 1 aliphatic rings. The molecule has 2 amide bonds. The number of benzene rings is 1. The highest BCUT2D eigenvalue weighted by atomic mass is 16.2. The van der Waals surface area contributed by atoms with Gasteiger partial charge < -0.3 is 9.80 Å². The molecule has 1 aromatic carbocycles. The van der Waals surface area contributed by atoms with Gasteiger partial charge in [0.2, 0.25) is 12.3 Å². The lowest BCUT2D eigenvalue weighted by atomic mass is 10.1. The van der Waals surface area contributed by atoms with E-state index in [9.17, 15) is 9.59 Å². The number of anilines is 2. The molecule has 1 aliphatic heterocycles. The number of amides is 2. The Morgan fingerprint density at radius 2 is 1.95 bits per heavy atom. The van der Waals surface area contributed by atoms with Crippen molar-refractivity contribution in [3.63, 3.8) is 0 Å². The first-order chi connectivity index (χ1) is 9.54. The van der Waals surface area contributed by atoms with Gasteiger partial charge in [-0.25, -0.2) is 0 Å². The third-order valence-electron chi connectivity index (χ3n) is 3.70. The number of hydrogen-bond donors (Lipinski definition) is 0. The van der Waals surface area contributed by atoms with Gasteiger partial charge in [-0.15, -0.1) is 0 Å². The normalized spacial score (nSPS) is 19.0. The quantitative estimate of drug-likeness (QED) is 0.792. The number of fused-ring (bicyclic) bond motifs is 1. The summed E-state index contributed by atoms with van der Waals surface area (Å²) < 4.78 is 0. The summed E-state index contributed by atoms with van der Waals surface area (Å²) in [4.78, 5) is 27.3. The second-order valence-corrected chi connectivity index (χ2v) is 5.82. The summed E-state index contributed by atoms with van der Waals surface area (Å²) >= 11 is 0. The summed E-state index contributed by atoms with van der Waals surface area (Å²) in [5.74, 6) is 0.456. The van der Waals surface area contributed by atoms with Crippen LogP contribution in [0.25, 0.3) is 0 Å². The molecule has 0 fully saturated rings. The first-order valence-corrected chi connectivity index (χ1v) is 7.17. The molecule has 4 nitrogen and oxygen atoms in total. The Morgan fingerprint density at radius 1 is 1.30 bits per heavy atom. The van der Waals surface area contributed by atoms with Gasteiger partial charge in [-0.2, -0.15) is 0 Å². The van der Waals surface area contributed by atoms with Crippen LogP contribution in [0, 0.1) is 11.8 Å². The Labute approximate surface area is 120 Å². The number of hydrogen-bond acceptors (Lipinski definition) is 2. The zero-order valence-corrected chi connectivity index (χ0v) is 12.4. The Hall–Kier alpha value is -1.84. The predicted molar refractivity (Wildman–Crippen MR) is 80.8 cm³/mol. The molecule has 0 radical (unpaired) electrons. The van der Waals surface area contributed by atoms with Gasteiger partial charge in [-0.1, -0.05) is 32.9 Å². The van der Waals surface area contributed by atoms with Crippen molar-refractivity contribution in [2.24, 2.45) is 11.8 Å². The van der Waals surface area contributed by atoms with E-state index in [1.54, 1.807) is 4.90 Å². The number of carbonyl (C=O) groups excluding carboxylic acids is 2. The average Bonchev–Trinajstić information content (AvgIpc) is 2.53. The lowest BCUT2D eigenvalue weighted by molar-refractivity contribution is -0.121. The molecule has 1 heterocycles. The molecular formula is C16H22N2O2. The first-order valence-electron chi connectivity index (χ1n) is 7.17. The predicted octanol–water partition coefficient (Wildman–Crippen LogP) is 2.68. The van der Waals surface area contributed by atoms with Crippen LogP contribution in [0.5, 0.6) is 0 Å². The highest BCUT2D eigenvalue weighted by molar-refractivity contribution is 6.02. The minimum absolute atomic E-state index is 0.0995. The molecule has 1 atom stereocenters. The standard InChI is InChI=1S/C16H22N2O2/c1-12(2)8-9-18-15-7-5-4-6-14(15)17(11-19)10-13(3)16(18)20/h4-7,11-13H,8-10H2,1-3H3. The monoisotopic (exact) mass is 274 g/mol. The van der Waals surface area contributed by atoms with Gasteiger partial charge in [0.25, 0.3) is 0 Å². The molecule has 108 valence electrons.